The Balaban J connectivity index is 2.32. The summed E-state index contributed by atoms with van der Waals surface area (Å²) in [4.78, 5) is 4.29. The predicted molar refractivity (Wildman–Crippen MR) is 66.2 cm³/mol. The SMILES string of the molecule is CCOC(C)c1noc(-c2cccc(O)c2C)n1. The first-order chi connectivity index (χ1) is 8.63. The van der Waals surface area contributed by atoms with E-state index in [1.807, 2.05) is 19.9 Å². The van der Waals surface area contributed by atoms with E-state index in [-0.39, 0.29) is 11.9 Å². The third kappa shape index (κ3) is 2.36. The van der Waals surface area contributed by atoms with Crippen molar-refractivity contribution in [2.75, 3.05) is 6.61 Å². The summed E-state index contributed by atoms with van der Waals surface area (Å²) in [5.74, 6) is 1.12. The number of hydrogen-bond acceptors (Lipinski definition) is 5. The number of nitrogens with zero attached hydrogens (tertiary/aromatic N) is 2. The summed E-state index contributed by atoms with van der Waals surface area (Å²) in [5, 5.41) is 13.5. The summed E-state index contributed by atoms with van der Waals surface area (Å²) in [7, 11) is 0. The van der Waals surface area contributed by atoms with Crippen LogP contribution in [-0.4, -0.2) is 21.9 Å². The van der Waals surface area contributed by atoms with Crippen LogP contribution in [0.1, 0.15) is 31.3 Å². The van der Waals surface area contributed by atoms with Crippen molar-refractivity contribution in [2.45, 2.75) is 26.9 Å². The zero-order valence-electron chi connectivity index (χ0n) is 10.7. The van der Waals surface area contributed by atoms with Gasteiger partial charge in [-0.2, -0.15) is 4.98 Å². The number of phenolic OH excluding ortho intramolecular Hbond substituents is 1. The Morgan fingerprint density at radius 2 is 2.22 bits per heavy atom. The summed E-state index contributed by atoms with van der Waals surface area (Å²) >= 11 is 0. The molecule has 0 aliphatic carbocycles. The van der Waals surface area contributed by atoms with Gasteiger partial charge in [-0.3, -0.25) is 0 Å². The van der Waals surface area contributed by atoms with Crippen LogP contribution in [-0.2, 0) is 4.74 Å². The van der Waals surface area contributed by atoms with E-state index in [1.165, 1.54) is 0 Å². The second-order valence-corrected chi connectivity index (χ2v) is 4.00. The van der Waals surface area contributed by atoms with Crippen LogP contribution in [0.25, 0.3) is 11.5 Å². The number of hydrogen-bond donors (Lipinski definition) is 1. The second kappa shape index (κ2) is 5.18. The maximum Gasteiger partial charge on any atom is 0.258 e. The molecule has 1 heterocycles. The first-order valence-electron chi connectivity index (χ1n) is 5.87. The minimum Gasteiger partial charge on any atom is -0.508 e. The van der Waals surface area contributed by atoms with E-state index in [1.54, 1.807) is 19.1 Å². The van der Waals surface area contributed by atoms with Crippen molar-refractivity contribution in [3.8, 4) is 17.2 Å². The Labute approximate surface area is 105 Å². The van der Waals surface area contributed by atoms with E-state index in [4.69, 9.17) is 9.26 Å². The molecule has 0 radical (unpaired) electrons. The molecular weight excluding hydrogens is 232 g/mol. The Morgan fingerprint density at radius 3 is 2.94 bits per heavy atom. The van der Waals surface area contributed by atoms with E-state index in [0.29, 0.717) is 18.3 Å². The molecule has 2 rings (SSSR count). The summed E-state index contributed by atoms with van der Waals surface area (Å²) in [6.45, 7) is 6.18. The van der Waals surface area contributed by atoms with E-state index in [0.717, 1.165) is 11.1 Å². The summed E-state index contributed by atoms with van der Waals surface area (Å²) in [6.07, 6.45) is -0.204. The average molecular weight is 248 g/mol. The molecule has 18 heavy (non-hydrogen) atoms. The number of ether oxygens (including phenoxy) is 1. The number of aromatic hydroxyl groups is 1. The van der Waals surface area contributed by atoms with Crippen molar-refractivity contribution in [3.63, 3.8) is 0 Å². The molecule has 0 bridgehead atoms. The van der Waals surface area contributed by atoms with Gasteiger partial charge in [-0.05, 0) is 32.9 Å². The van der Waals surface area contributed by atoms with Gasteiger partial charge in [-0.15, -0.1) is 0 Å². The van der Waals surface area contributed by atoms with Gasteiger partial charge in [0.05, 0.1) is 0 Å². The molecule has 0 amide bonds. The van der Waals surface area contributed by atoms with Crippen LogP contribution in [0.4, 0.5) is 0 Å². The van der Waals surface area contributed by atoms with Crippen LogP contribution >= 0.6 is 0 Å². The molecule has 2 aromatic rings. The van der Waals surface area contributed by atoms with Crippen LogP contribution in [0.5, 0.6) is 5.75 Å². The van der Waals surface area contributed by atoms with Crippen LogP contribution in [0.3, 0.4) is 0 Å². The Morgan fingerprint density at radius 1 is 1.44 bits per heavy atom. The van der Waals surface area contributed by atoms with E-state index in [2.05, 4.69) is 10.1 Å². The number of phenols is 1. The molecule has 0 spiro atoms. The van der Waals surface area contributed by atoms with Crippen molar-refractivity contribution in [2.24, 2.45) is 0 Å². The van der Waals surface area contributed by atoms with Gasteiger partial charge in [0, 0.05) is 17.7 Å². The van der Waals surface area contributed by atoms with Crippen LogP contribution in [0.2, 0.25) is 0 Å². The largest absolute Gasteiger partial charge is 0.508 e. The lowest BCUT2D eigenvalue weighted by Gasteiger charge is -2.05. The Bertz CT molecular complexity index is 537. The molecule has 0 saturated heterocycles. The zero-order chi connectivity index (χ0) is 13.1. The topological polar surface area (TPSA) is 68.4 Å². The lowest BCUT2D eigenvalue weighted by molar-refractivity contribution is 0.0683. The van der Waals surface area contributed by atoms with Crippen molar-refractivity contribution in [3.05, 3.63) is 29.6 Å². The van der Waals surface area contributed by atoms with E-state index >= 15 is 0 Å². The maximum atomic E-state index is 9.65. The highest BCUT2D eigenvalue weighted by molar-refractivity contribution is 5.61. The first kappa shape index (κ1) is 12.6. The molecule has 0 aliphatic rings. The Kier molecular flexibility index (Phi) is 3.62. The Hall–Kier alpha value is -1.88. The van der Waals surface area contributed by atoms with Gasteiger partial charge in [0.2, 0.25) is 5.82 Å². The fraction of sp³-hybridized carbons (Fsp3) is 0.385. The van der Waals surface area contributed by atoms with Gasteiger partial charge in [-0.1, -0.05) is 11.2 Å². The summed E-state index contributed by atoms with van der Waals surface area (Å²) in [5.41, 5.74) is 1.45. The molecule has 5 heteroatoms. The van der Waals surface area contributed by atoms with Gasteiger partial charge in [-0.25, -0.2) is 0 Å². The lowest BCUT2D eigenvalue weighted by atomic mass is 10.1. The minimum atomic E-state index is -0.204. The van der Waals surface area contributed by atoms with Gasteiger partial charge in [0.25, 0.3) is 5.89 Å². The molecule has 1 aromatic carbocycles. The summed E-state index contributed by atoms with van der Waals surface area (Å²) < 4.78 is 10.6. The zero-order valence-corrected chi connectivity index (χ0v) is 10.7. The molecule has 1 unspecified atom stereocenters. The highest BCUT2D eigenvalue weighted by atomic mass is 16.5. The molecule has 0 aliphatic heterocycles. The molecule has 1 N–H and O–H groups in total. The van der Waals surface area contributed by atoms with Crippen molar-refractivity contribution < 1.29 is 14.4 Å². The molecule has 0 fully saturated rings. The average Bonchev–Trinajstić information content (AvgIpc) is 2.82. The second-order valence-electron chi connectivity index (χ2n) is 4.00. The van der Waals surface area contributed by atoms with Crippen molar-refractivity contribution in [1.82, 2.24) is 10.1 Å². The number of aromatic nitrogens is 2. The van der Waals surface area contributed by atoms with Crippen molar-refractivity contribution >= 4 is 0 Å². The third-order valence-electron chi connectivity index (χ3n) is 2.76. The molecule has 5 nitrogen and oxygen atoms in total. The predicted octanol–water partition coefficient (Wildman–Crippen LogP) is 2.85. The molecule has 1 atom stereocenters. The van der Waals surface area contributed by atoms with Crippen LogP contribution < -0.4 is 0 Å². The molecule has 0 saturated carbocycles. The fourth-order valence-corrected chi connectivity index (χ4v) is 1.69. The smallest absolute Gasteiger partial charge is 0.258 e. The normalized spacial score (nSPS) is 12.6. The van der Waals surface area contributed by atoms with Crippen molar-refractivity contribution in [1.29, 1.82) is 0 Å². The molecule has 1 aromatic heterocycles. The number of benzene rings is 1. The van der Waals surface area contributed by atoms with E-state index < -0.39 is 0 Å². The quantitative estimate of drug-likeness (QED) is 0.901. The lowest BCUT2D eigenvalue weighted by Crippen LogP contribution is -2.01. The highest BCUT2D eigenvalue weighted by Gasteiger charge is 2.16. The molecule has 96 valence electrons. The first-order valence-corrected chi connectivity index (χ1v) is 5.87. The van der Waals surface area contributed by atoms with Crippen LogP contribution in [0.15, 0.2) is 22.7 Å². The maximum absolute atomic E-state index is 9.65. The van der Waals surface area contributed by atoms with Gasteiger partial charge >= 0.3 is 0 Å². The molecular formula is C13H16N2O3. The van der Waals surface area contributed by atoms with Crippen LogP contribution in [0, 0.1) is 6.92 Å². The number of rotatable bonds is 4. The highest BCUT2D eigenvalue weighted by Crippen LogP contribution is 2.28. The van der Waals surface area contributed by atoms with E-state index in [9.17, 15) is 5.11 Å². The van der Waals surface area contributed by atoms with Gasteiger partial charge in [0.1, 0.15) is 11.9 Å². The summed E-state index contributed by atoms with van der Waals surface area (Å²) in [6, 6.07) is 5.20. The monoisotopic (exact) mass is 248 g/mol. The van der Waals surface area contributed by atoms with Gasteiger partial charge in [0.15, 0.2) is 0 Å². The fourth-order valence-electron chi connectivity index (χ4n) is 1.69. The van der Waals surface area contributed by atoms with Gasteiger partial charge < -0.3 is 14.4 Å². The third-order valence-corrected chi connectivity index (χ3v) is 2.76. The standard InChI is InChI=1S/C13H16N2O3/c1-4-17-9(3)12-14-13(18-15-12)10-6-5-7-11(16)8(10)2/h5-7,9,16H,4H2,1-3H3. The minimum absolute atomic E-state index is 0.204.